The number of alkyl halides is 3. The zero-order valence-corrected chi connectivity index (χ0v) is 15.9. The fraction of sp³-hybridized carbons (Fsp3) is 0.375. The van der Waals surface area contributed by atoms with Gasteiger partial charge in [-0.05, 0) is 37.0 Å². The van der Waals surface area contributed by atoms with E-state index in [1.807, 2.05) is 0 Å². The second-order valence-electron chi connectivity index (χ2n) is 6.75. The number of halogens is 4. The molecule has 1 saturated carbocycles. The third-order valence-corrected chi connectivity index (χ3v) is 5.32. The summed E-state index contributed by atoms with van der Waals surface area (Å²) >= 11 is 0. The number of aromatic nitrogens is 2. The molecule has 0 radical (unpaired) electrons. The largest absolute Gasteiger partial charge is 0.490 e. The molecule has 1 aliphatic rings. The van der Waals surface area contributed by atoms with E-state index in [2.05, 4.69) is 10.4 Å². The normalized spacial score (nSPS) is 16.2. The van der Waals surface area contributed by atoms with Crippen molar-refractivity contribution in [1.29, 1.82) is 0 Å². The summed E-state index contributed by atoms with van der Waals surface area (Å²) in [6, 6.07) is 2.69. The number of carbonyl (C=O) groups excluding carboxylic acids is 1. The Hall–Kier alpha value is -2.71. The third-order valence-electron chi connectivity index (χ3n) is 4.81. The van der Waals surface area contributed by atoms with E-state index in [1.165, 1.54) is 0 Å². The highest BCUT2D eigenvalue weighted by atomic mass is 32.2. The van der Waals surface area contributed by atoms with E-state index < -0.39 is 57.3 Å². The van der Waals surface area contributed by atoms with E-state index in [4.69, 9.17) is 4.55 Å². The number of hydrogen-bond acceptors (Lipinski definition) is 5. The van der Waals surface area contributed by atoms with Crippen molar-refractivity contribution in [3.63, 3.8) is 0 Å². The molecule has 2 aromatic rings. The van der Waals surface area contributed by atoms with Gasteiger partial charge in [0.25, 0.3) is 11.8 Å². The molecule has 1 fully saturated rings. The predicted molar refractivity (Wildman–Crippen MR) is 94.1 cm³/mol. The van der Waals surface area contributed by atoms with Crippen LogP contribution in [0.15, 0.2) is 24.4 Å². The Morgan fingerprint density at radius 3 is 2.43 bits per heavy atom. The predicted octanol–water partition coefficient (Wildman–Crippen LogP) is 2.16. The van der Waals surface area contributed by atoms with Gasteiger partial charge in [0.1, 0.15) is 5.54 Å². The van der Waals surface area contributed by atoms with Crippen LogP contribution in [0.25, 0.3) is 0 Å². The third kappa shape index (κ3) is 4.39. The molecule has 14 heteroatoms. The number of amides is 1. The second kappa shape index (κ2) is 7.52. The summed E-state index contributed by atoms with van der Waals surface area (Å²) in [4.78, 5) is 12.8. The minimum absolute atomic E-state index is 0.231. The summed E-state index contributed by atoms with van der Waals surface area (Å²) in [6.07, 6.45) is -2.98. The Kier molecular flexibility index (Phi) is 5.51. The van der Waals surface area contributed by atoms with Gasteiger partial charge < -0.3 is 10.4 Å². The molecule has 0 unspecified atom stereocenters. The number of carbonyl (C=O) groups is 1. The Bertz CT molecular complexity index is 1060. The molecular formula is C16H16F4N4O5S. The SMILES string of the molecule is O=C(Nc1ccc(CNS(=O)(=O)O)c(C(F)(F)F)c1)C1(n2cc(F)c(O)n2)CCC1. The van der Waals surface area contributed by atoms with E-state index in [0.717, 1.165) is 23.0 Å². The molecule has 0 bridgehead atoms. The maximum absolute atomic E-state index is 13.4. The number of nitrogens with one attached hydrogen (secondary N) is 2. The maximum Gasteiger partial charge on any atom is 0.416 e. The van der Waals surface area contributed by atoms with E-state index in [1.54, 1.807) is 4.72 Å². The molecule has 0 saturated heterocycles. The van der Waals surface area contributed by atoms with Crippen LogP contribution in [0.1, 0.15) is 30.4 Å². The minimum atomic E-state index is -4.87. The monoisotopic (exact) mass is 452 g/mol. The molecule has 1 amide bonds. The molecule has 1 aromatic carbocycles. The minimum Gasteiger partial charge on any atom is -0.490 e. The van der Waals surface area contributed by atoms with Crippen LogP contribution in [0.5, 0.6) is 5.88 Å². The summed E-state index contributed by atoms with van der Waals surface area (Å²) in [6.45, 7) is -0.822. The molecular weight excluding hydrogens is 436 g/mol. The Balaban J connectivity index is 1.88. The Morgan fingerprint density at radius 2 is 1.97 bits per heavy atom. The number of aromatic hydroxyl groups is 1. The average Bonchev–Trinajstić information content (AvgIpc) is 2.90. The first-order valence-electron chi connectivity index (χ1n) is 8.50. The van der Waals surface area contributed by atoms with E-state index >= 15 is 0 Å². The van der Waals surface area contributed by atoms with Gasteiger partial charge in [0.15, 0.2) is 0 Å². The van der Waals surface area contributed by atoms with Crippen molar-refractivity contribution >= 4 is 21.9 Å². The summed E-state index contributed by atoms with van der Waals surface area (Å²) in [5, 5.41) is 15.2. The molecule has 1 heterocycles. The number of hydrogen-bond donors (Lipinski definition) is 4. The van der Waals surface area contributed by atoms with Gasteiger partial charge in [-0.25, -0.2) is 0 Å². The highest BCUT2D eigenvalue weighted by Gasteiger charge is 2.47. The molecule has 4 N–H and O–H groups in total. The van der Waals surface area contributed by atoms with Gasteiger partial charge in [0.2, 0.25) is 5.82 Å². The van der Waals surface area contributed by atoms with Gasteiger partial charge in [0, 0.05) is 12.2 Å². The summed E-state index contributed by atoms with van der Waals surface area (Å²) < 4.78 is 86.2. The smallest absolute Gasteiger partial charge is 0.416 e. The molecule has 0 atom stereocenters. The lowest BCUT2D eigenvalue weighted by Crippen LogP contribution is -2.51. The van der Waals surface area contributed by atoms with Gasteiger partial charge in [0.05, 0.1) is 11.8 Å². The van der Waals surface area contributed by atoms with Crippen LogP contribution < -0.4 is 10.0 Å². The lowest BCUT2D eigenvalue weighted by Gasteiger charge is -2.40. The molecule has 1 aliphatic carbocycles. The summed E-state index contributed by atoms with van der Waals surface area (Å²) in [7, 11) is -4.71. The van der Waals surface area contributed by atoms with Crippen molar-refractivity contribution in [3.05, 3.63) is 41.3 Å². The lowest BCUT2D eigenvalue weighted by atomic mass is 9.76. The van der Waals surface area contributed by atoms with Gasteiger partial charge in [-0.2, -0.15) is 30.7 Å². The van der Waals surface area contributed by atoms with E-state index in [9.17, 15) is 35.9 Å². The van der Waals surface area contributed by atoms with Crippen molar-refractivity contribution in [2.24, 2.45) is 0 Å². The Morgan fingerprint density at radius 1 is 1.30 bits per heavy atom. The molecule has 0 spiro atoms. The van der Waals surface area contributed by atoms with Crippen molar-refractivity contribution < 1.29 is 40.4 Å². The van der Waals surface area contributed by atoms with Gasteiger partial charge >= 0.3 is 16.5 Å². The zero-order chi connectivity index (χ0) is 22.3. The van der Waals surface area contributed by atoms with Gasteiger partial charge in [-0.3, -0.25) is 14.0 Å². The highest BCUT2D eigenvalue weighted by molar-refractivity contribution is 7.83. The first-order valence-corrected chi connectivity index (χ1v) is 9.94. The summed E-state index contributed by atoms with van der Waals surface area (Å²) in [5.41, 5.74) is -3.28. The molecule has 3 rings (SSSR count). The van der Waals surface area contributed by atoms with Crippen LogP contribution in [-0.4, -0.2) is 33.8 Å². The summed E-state index contributed by atoms with van der Waals surface area (Å²) in [5.74, 6) is -2.68. The highest BCUT2D eigenvalue weighted by Crippen LogP contribution is 2.41. The first kappa shape index (κ1) is 22.0. The van der Waals surface area contributed by atoms with Crippen molar-refractivity contribution in [2.75, 3.05) is 5.32 Å². The van der Waals surface area contributed by atoms with Crippen LogP contribution in [0.4, 0.5) is 23.2 Å². The van der Waals surface area contributed by atoms with Crippen molar-refractivity contribution in [1.82, 2.24) is 14.5 Å². The van der Waals surface area contributed by atoms with E-state index in [0.29, 0.717) is 12.5 Å². The topological polar surface area (TPSA) is 134 Å². The van der Waals surface area contributed by atoms with Crippen LogP contribution in [0, 0.1) is 5.82 Å². The first-order chi connectivity index (χ1) is 13.8. The molecule has 1 aromatic heterocycles. The Labute approximate surface area is 167 Å². The van der Waals surface area contributed by atoms with Crippen LogP contribution >= 0.6 is 0 Å². The number of rotatable bonds is 6. The lowest BCUT2D eigenvalue weighted by molar-refractivity contribution is -0.138. The van der Waals surface area contributed by atoms with Crippen LogP contribution in [0.3, 0.4) is 0 Å². The maximum atomic E-state index is 13.4. The average molecular weight is 452 g/mol. The van der Waals surface area contributed by atoms with Crippen LogP contribution in [0.2, 0.25) is 0 Å². The number of nitrogens with zero attached hydrogens (tertiary/aromatic N) is 2. The number of anilines is 1. The standard InChI is InChI=1S/C16H16F4N4O5S/c17-12-8-24(23-13(12)25)15(4-1-5-15)14(26)22-10-3-2-9(7-21-30(27,28)29)11(6-10)16(18,19)20/h2-3,6,8,21H,1,4-5,7H2,(H,22,26)(H,23,25)(H,27,28,29). The fourth-order valence-corrected chi connectivity index (χ4v) is 3.46. The fourth-order valence-electron chi connectivity index (χ4n) is 3.12. The quantitative estimate of drug-likeness (QED) is 0.392. The number of benzene rings is 1. The second-order valence-corrected chi connectivity index (χ2v) is 7.99. The van der Waals surface area contributed by atoms with Crippen LogP contribution in [-0.2, 0) is 33.4 Å². The van der Waals surface area contributed by atoms with Crippen molar-refractivity contribution in [2.45, 2.75) is 37.5 Å². The van der Waals surface area contributed by atoms with E-state index in [-0.39, 0.29) is 18.5 Å². The molecule has 30 heavy (non-hydrogen) atoms. The van der Waals surface area contributed by atoms with Gasteiger partial charge in [-0.1, -0.05) is 6.07 Å². The van der Waals surface area contributed by atoms with Gasteiger partial charge in [-0.15, -0.1) is 5.10 Å². The molecule has 9 nitrogen and oxygen atoms in total. The van der Waals surface area contributed by atoms with Crippen molar-refractivity contribution in [3.8, 4) is 5.88 Å². The zero-order valence-electron chi connectivity index (χ0n) is 15.1. The molecule has 0 aliphatic heterocycles. The molecule has 164 valence electrons.